The lowest BCUT2D eigenvalue weighted by Crippen LogP contribution is -2.13. The van der Waals surface area contributed by atoms with Crippen LogP contribution in [0.3, 0.4) is 0 Å². The summed E-state index contributed by atoms with van der Waals surface area (Å²) in [7, 11) is 0. The summed E-state index contributed by atoms with van der Waals surface area (Å²) in [5.41, 5.74) is 8.62. The number of anilines is 2. The third-order valence-corrected chi connectivity index (χ3v) is 3.91. The maximum atomic E-state index is 12.1. The van der Waals surface area contributed by atoms with Gasteiger partial charge in [-0.15, -0.1) is 0 Å². The van der Waals surface area contributed by atoms with Crippen LogP contribution < -0.4 is 11.1 Å². The molecule has 0 fully saturated rings. The van der Waals surface area contributed by atoms with Gasteiger partial charge in [-0.1, -0.05) is 15.9 Å². The molecule has 0 aromatic heterocycles. The van der Waals surface area contributed by atoms with Gasteiger partial charge in [0.05, 0.1) is 0 Å². The molecule has 0 saturated carbocycles. The van der Waals surface area contributed by atoms with E-state index in [0.717, 1.165) is 20.2 Å². The van der Waals surface area contributed by atoms with Crippen molar-refractivity contribution in [1.29, 1.82) is 0 Å². The van der Waals surface area contributed by atoms with E-state index in [4.69, 9.17) is 5.73 Å². The van der Waals surface area contributed by atoms with Crippen LogP contribution in [0.1, 0.15) is 15.9 Å². The molecule has 2 aromatic carbocycles. The average Bonchev–Trinajstić information content (AvgIpc) is 2.36. The highest BCUT2D eigenvalue weighted by molar-refractivity contribution is 9.10. The van der Waals surface area contributed by atoms with E-state index in [1.54, 1.807) is 18.2 Å². The minimum atomic E-state index is -0.176. The molecular formula is C14H12Br2N2O. The van der Waals surface area contributed by atoms with Crippen LogP contribution in [0, 0.1) is 6.92 Å². The number of nitrogens with two attached hydrogens (primary N) is 1. The number of benzene rings is 2. The van der Waals surface area contributed by atoms with Crippen molar-refractivity contribution in [2.45, 2.75) is 6.92 Å². The molecule has 2 rings (SSSR count). The molecule has 0 aliphatic heterocycles. The second kappa shape index (κ2) is 5.75. The van der Waals surface area contributed by atoms with Crippen molar-refractivity contribution >= 4 is 49.1 Å². The zero-order chi connectivity index (χ0) is 14.0. The summed E-state index contributed by atoms with van der Waals surface area (Å²) in [6.45, 7) is 1.94. The SMILES string of the molecule is Cc1cc(Br)ccc1NC(=O)c1ccc(Br)c(N)c1. The maximum absolute atomic E-state index is 12.1. The van der Waals surface area contributed by atoms with E-state index < -0.39 is 0 Å². The summed E-state index contributed by atoms with van der Waals surface area (Å²) in [6.07, 6.45) is 0. The molecule has 98 valence electrons. The molecule has 3 nitrogen and oxygen atoms in total. The van der Waals surface area contributed by atoms with Gasteiger partial charge in [0, 0.05) is 25.9 Å². The predicted molar refractivity (Wildman–Crippen MR) is 85.4 cm³/mol. The Kier molecular flexibility index (Phi) is 4.27. The quantitative estimate of drug-likeness (QED) is 0.757. The third-order valence-electron chi connectivity index (χ3n) is 2.69. The van der Waals surface area contributed by atoms with Crippen molar-refractivity contribution in [3.8, 4) is 0 Å². The van der Waals surface area contributed by atoms with Gasteiger partial charge in [0.15, 0.2) is 0 Å². The number of nitrogens with one attached hydrogen (secondary N) is 1. The van der Waals surface area contributed by atoms with Crippen molar-refractivity contribution in [1.82, 2.24) is 0 Å². The van der Waals surface area contributed by atoms with Crippen molar-refractivity contribution in [3.63, 3.8) is 0 Å². The van der Waals surface area contributed by atoms with Gasteiger partial charge in [0.25, 0.3) is 5.91 Å². The molecule has 0 aliphatic carbocycles. The first-order chi connectivity index (χ1) is 8.97. The molecule has 0 heterocycles. The standard InChI is InChI=1S/C14H12Br2N2O/c1-8-6-10(15)3-5-13(8)18-14(19)9-2-4-11(16)12(17)7-9/h2-7H,17H2,1H3,(H,18,19). The summed E-state index contributed by atoms with van der Waals surface area (Å²) in [4.78, 5) is 12.1. The number of amides is 1. The zero-order valence-corrected chi connectivity index (χ0v) is 13.4. The normalized spacial score (nSPS) is 10.3. The first-order valence-electron chi connectivity index (χ1n) is 5.60. The van der Waals surface area contributed by atoms with Crippen molar-refractivity contribution in [3.05, 3.63) is 56.5 Å². The van der Waals surface area contributed by atoms with Crippen LogP contribution in [0.25, 0.3) is 0 Å². The smallest absolute Gasteiger partial charge is 0.255 e. The number of nitrogen functional groups attached to an aromatic ring is 1. The molecule has 5 heteroatoms. The van der Waals surface area contributed by atoms with E-state index in [1.807, 2.05) is 25.1 Å². The fraction of sp³-hybridized carbons (Fsp3) is 0.0714. The Hall–Kier alpha value is -1.33. The van der Waals surface area contributed by atoms with E-state index in [1.165, 1.54) is 0 Å². The van der Waals surface area contributed by atoms with Crippen molar-refractivity contribution in [2.24, 2.45) is 0 Å². The largest absolute Gasteiger partial charge is 0.398 e. The van der Waals surface area contributed by atoms with E-state index in [-0.39, 0.29) is 5.91 Å². The van der Waals surface area contributed by atoms with Gasteiger partial charge >= 0.3 is 0 Å². The van der Waals surface area contributed by atoms with Gasteiger partial charge in [0.2, 0.25) is 0 Å². The minimum Gasteiger partial charge on any atom is -0.398 e. The summed E-state index contributed by atoms with van der Waals surface area (Å²) in [5, 5.41) is 2.87. The van der Waals surface area contributed by atoms with Crippen LogP contribution in [-0.2, 0) is 0 Å². The maximum Gasteiger partial charge on any atom is 0.255 e. The molecule has 0 aliphatic rings. The van der Waals surface area contributed by atoms with Crippen LogP contribution in [0.2, 0.25) is 0 Å². The van der Waals surface area contributed by atoms with Crippen molar-refractivity contribution in [2.75, 3.05) is 11.1 Å². The van der Waals surface area contributed by atoms with Crippen LogP contribution in [0.15, 0.2) is 45.3 Å². The Morgan fingerprint density at radius 3 is 2.53 bits per heavy atom. The molecule has 0 unspecified atom stereocenters. The van der Waals surface area contributed by atoms with Crippen molar-refractivity contribution < 1.29 is 4.79 Å². The molecule has 0 bridgehead atoms. The Labute approximate surface area is 128 Å². The topological polar surface area (TPSA) is 55.1 Å². The van der Waals surface area contributed by atoms with Gasteiger partial charge in [-0.3, -0.25) is 4.79 Å². The molecule has 0 spiro atoms. The van der Waals surface area contributed by atoms with Gasteiger partial charge in [-0.25, -0.2) is 0 Å². The summed E-state index contributed by atoms with van der Waals surface area (Å²) in [6, 6.07) is 10.8. The molecule has 2 aromatic rings. The lowest BCUT2D eigenvalue weighted by atomic mass is 10.1. The van der Waals surface area contributed by atoms with Crippen LogP contribution in [0.5, 0.6) is 0 Å². The number of hydrogen-bond donors (Lipinski definition) is 2. The third kappa shape index (κ3) is 3.36. The highest BCUT2D eigenvalue weighted by atomic mass is 79.9. The number of hydrogen-bond acceptors (Lipinski definition) is 2. The highest BCUT2D eigenvalue weighted by Crippen LogP contribution is 2.23. The van der Waals surface area contributed by atoms with Gasteiger partial charge < -0.3 is 11.1 Å². The number of carbonyl (C=O) groups is 1. The molecule has 0 radical (unpaired) electrons. The lowest BCUT2D eigenvalue weighted by Gasteiger charge is -2.09. The van der Waals surface area contributed by atoms with E-state index in [9.17, 15) is 4.79 Å². The Bertz CT molecular complexity index is 641. The van der Waals surface area contributed by atoms with Gasteiger partial charge in [-0.05, 0) is 64.8 Å². The molecule has 19 heavy (non-hydrogen) atoms. The average molecular weight is 384 g/mol. The predicted octanol–water partition coefficient (Wildman–Crippen LogP) is 4.35. The number of halogens is 2. The molecule has 1 amide bonds. The van der Waals surface area contributed by atoms with E-state index in [2.05, 4.69) is 37.2 Å². The summed E-state index contributed by atoms with van der Waals surface area (Å²) in [5.74, 6) is -0.176. The summed E-state index contributed by atoms with van der Waals surface area (Å²) >= 11 is 6.69. The minimum absolute atomic E-state index is 0.176. The number of carbonyl (C=O) groups excluding carboxylic acids is 1. The van der Waals surface area contributed by atoms with Crippen LogP contribution >= 0.6 is 31.9 Å². The summed E-state index contributed by atoms with van der Waals surface area (Å²) < 4.78 is 1.76. The molecule has 3 N–H and O–H groups in total. The fourth-order valence-electron chi connectivity index (χ4n) is 1.65. The van der Waals surface area contributed by atoms with E-state index in [0.29, 0.717) is 11.3 Å². The first-order valence-corrected chi connectivity index (χ1v) is 7.18. The second-order valence-electron chi connectivity index (χ2n) is 4.15. The highest BCUT2D eigenvalue weighted by Gasteiger charge is 2.09. The Balaban J connectivity index is 2.23. The molecule has 0 atom stereocenters. The van der Waals surface area contributed by atoms with Crippen LogP contribution in [0.4, 0.5) is 11.4 Å². The van der Waals surface area contributed by atoms with Gasteiger partial charge in [-0.2, -0.15) is 0 Å². The molecular weight excluding hydrogens is 372 g/mol. The Morgan fingerprint density at radius 1 is 1.16 bits per heavy atom. The van der Waals surface area contributed by atoms with Gasteiger partial charge in [0.1, 0.15) is 0 Å². The zero-order valence-electron chi connectivity index (χ0n) is 10.2. The number of rotatable bonds is 2. The lowest BCUT2D eigenvalue weighted by molar-refractivity contribution is 0.102. The fourth-order valence-corrected chi connectivity index (χ4v) is 2.37. The van der Waals surface area contributed by atoms with E-state index >= 15 is 0 Å². The number of aryl methyl sites for hydroxylation is 1. The first kappa shape index (κ1) is 14.1. The van der Waals surface area contributed by atoms with Crippen LogP contribution in [-0.4, -0.2) is 5.91 Å². The monoisotopic (exact) mass is 382 g/mol. The molecule has 0 saturated heterocycles. The second-order valence-corrected chi connectivity index (χ2v) is 5.92. The Morgan fingerprint density at radius 2 is 1.89 bits per heavy atom.